The van der Waals surface area contributed by atoms with E-state index in [0.717, 1.165) is 75.5 Å². The molecular formula is C45H86O6. The standard InChI is InChI=1S/C45H86O6/c1-7-41(6)33-27-21-15-9-11-17-24-30-36-45(48)51-42(38-50-44(47)35-29-23-18-12-14-20-26-32-40(4)5)37-49-43(46)34-28-22-16-10-8-13-19-25-31-39(2)3/h39-42H,7-38H2,1-6H3/t41?,42-/m0/s1. The molecule has 6 nitrogen and oxygen atoms in total. The maximum Gasteiger partial charge on any atom is 0.306 e. The predicted molar refractivity (Wildman–Crippen MR) is 215 cm³/mol. The van der Waals surface area contributed by atoms with Crippen LogP contribution in [0.4, 0.5) is 0 Å². The highest BCUT2D eigenvalue weighted by atomic mass is 16.6. The minimum absolute atomic E-state index is 0.0674. The summed E-state index contributed by atoms with van der Waals surface area (Å²) in [5, 5.41) is 0. The first-order valence-corrected chi connectivity index (χ1v) is 22.1. The molecule has 0 bridgehead atoms. The van der Waals surface area contributed by atoms with E-state index in [0.29, 0.717) is 19.3 Å². The third-order valence-electron chi connectivity index (χ3n) is 10.3. The lowest BCUT2D eigenvalue weighted by atomic mass is 9.99. The van der Waals surface area contributed by atoms with Crippen LogP contribution in [0.2, 0.25) is 0 Å². The van der Waals surface area contributed by atoms with Crippen LogP contribution in [0, 0.1) is 17.8 Å². The van der Waals surface area contributed by atoms with Gasteiger partial charge in [0.2, 0.25) is 0 Å². The predicted octanol–water partition coefficient (Wildman–Crippen LogP) is 13.7. The van der Waals surface area contributed by atoms with Crippen LogP contribution in [0.1, 0.15) is 234 Å². The third kappa shape index (κ3) is 38.0. The lowest BCUT2D eigenvalue weighted by molar-refractivity contribution is -0.167. The average Bonchev–Trinajstić information content (AvgIpc) is 3.09. The summed E-state index contributed by atoms with van der Waals surface area (Å²) in [6.45, 7) is 13.6. The fraction of sp³-hybridized carbons (Fsp3) is 0.933. The van der Waals surface area contributed by atoms with E-state index >= 15 is 0 Å². The molecule has 0 saturated carbocycles. The molecule has 2 atom stereocenters. The Hall–Kier alpha value is -1.59. The number of carbonyl (C=O) groups excluding carboxylic acids is 3. The van der Waals surface area contributed by atoms with Gasteiger partial charge in [-0.1, -0.05) is 196 Å². The maximum absolute atomic E-state index is 12.7. The summed E-state index contributed by atoms with van der Waals surface area (Å²) < 4.78 is 16.7. The van der Waals surface area contributed by atoms with Crippen LogP contribution in [0.25, 0.3) is 0 Å². The quantitative estimate of drug-likeness (QED) is 0.0359. The van der Waals surface area contributed by atoms with Gasteiger partial charge in [0.15, 0.2) is 6.10 Å². The molecule has 0 aliphatic heterocycles. The van der Waals surface area contributed by atoms with Crippen molar-refractivity contribution in [3.63, 3.8) is 0 Å². The first-order valence-electron chi connectivity index (χ1n) is 22.1. The van der Waals surface area contributed by atoms with Gasteiger partial charge in [0.05, 0.1) is 0 Å². The van der Waals surface area contributed by atoms with Gasteiger partial charge in [0.1, 0.15) is 13.2 Å². The van der Waals surface area contributed by atoms with Gasteiger partial charge < -0.3 is 14.2 Å². The number of hydrogen-bond donors (Lipinski definition) is 0. The van der Waals surface area contributed by atoms with E-state index < -0.39 is 6.10 Å². The van der Waals surface area contributed by atoms with Crippen LogP contribution in [0.5, 0.6) is 0 Å². The Balaban J connectivity index is 4.37. The van der Waals surface area contributed by atoms with E-state index in [9.17, 15) is 14.4 Å². The number of ether oxygens (including phenoxy) is 3. The van der Waals surface area contributed by atoms with E-state index in [1.54, 1.807) is 0 Å². The molecule has 0 aliphatic rings. The number of esters is 3. The van der Waals surface area contributed by atoms with Crippen molar-refractivity contribution in [3.8, 4) is 0 Å². The molecule has 0 aromatic carbocycles. The zero-order chi connectivity index (χ0) is 37.8. The Morgan fingerprint density at radius 3 is 1.02 bits per heavy atom. The van der Waals surface area contributed by atoms with Crippen molar-refractivity contribution in [1.82, 2.24) is 0 Å². The molecule has 0 fully saturated rings. The molecule has 302 valence electrons. The third-order valence-corrected chi connectivity index (χ3v) is 10.3. The van der Waals surface area contributed by atoms with Gasteiger partial charge in [0.25, 0.3) is 0 Å². The average molecular weight is 723 g/mol. The molecule has 0 aliphatic carbocycles. The van der Waals surface area contributed by atoms with Gasteiger partial charge >= 0.3 is 17.9 Å². The second-order valence-corrected chi connectivity index (χ2v) is 16.5. The van der Waals surface area contributed by atoms with Gasteiger partial charge in [-0.25, -0.2) is 0 Å². The molecule has 0 saturated heterocycles. The largest absolute Gasteiger partial charge is 0.462 e. The number of hydrogen-bond acceptors (Lipinski definition) is 6. The lowest BCUT2D eigenvalue weighted by Gasteiger charge is -2.18. The minimum atomic E-state index is -0.762. The van der Waals surface area contributed by atoms with Gasteiger partial charge in [-0.3, -0.25) is 14.4 Å². The highest BCUT2D eigenvalue weighted by Gasteiger charge is 2.19. The Bertz CT molecular complexity index is 794. The van der Waals surface area contributed by atoms with Crippen LogP contribution in [0.15, 0.2) is 0 Å². The summed E-state index contributed by atoms with van der Waals surface area (Å²) in [4.78, 5) is 37.6. The second-order valence-electron chi connectivity index (χ2n) is 16.5. The Morgan fingerprint density at radius 1 is 0.392 bits per heavy atom. The monoisotopic (exact) mass is 723 g/mol. The molecule has 0 aromatic heterocycles. The van der Waals surface area contributed by atoms with Crippen molar-refractivity contribution in [2.24, 2.45) is 17.8 Å². The molecule has 0 rings (SSSR count). The van der Waals surface area contributed by atoms with E-state index in [2.05, 4.69) is 41.5 Å². The van der Waals surface area contributed by atoms with Crippen LogP contribution in [-0.2, 0) is 28.6 Å². The lowest BCUT2D eigenvalue weighted by Crippen LogP contribution is -2.30. The van der Waals surface area contributed by atoms with Gasteiger partial charge in [-0.15, -0.1) is 0 Å². The van der Waals surface area contributed by atoms with Crippen molar-refractivity contribution in [1.29, 1.82) is 0 Å². The van der Waals surface area contributed by atoms with Crippen LogP contribution >= 0.6 is 0 Å². The van der Waals surface area contributed by atoms with E-state index in [-0.39, 0.29) is 31.1 Å². The van der Waals surface area contributed by atoms with Crippen molar-refractivity contribution < 1.29 is 28.6 Å². The SMILES string of the molecule is CCC(C)CCCCCCCCCCC(=O)O[C@@H](COC(=O)CCCCCCCCCCC(C)C)COC(=O)CCCCCCCCCC(C)C. The van der Waals surface area contributed by atoms with Crippen molar-refractivity contribution in [3.05, 3.63) is 0 Å². The molecule has 0 N–H and O–H groups in total. The molecule has 6 heteroatoms. The summed E-state index contributed by atoms with van der Waals surface area (Å²) in [5.74, 6) is 1.55. The zero-order valence-corrected chi connectivity index (χ0v) is 34.9. The normalized spacial score (nSPS) is 12.7. The summed E-state index contributed by atoms with van der Waals surface area (Å²) in [5.41, 5.74) is 0. The van der Waals surface area contributed by atoms with Crippen LogP contribution in [-0.4, -0.2) is 37.2 Å². The van der Waals surface area contributed by atoms with E-state index in [1.807, 2.05) is 0 Å². The topological polar surface area (TPSA) is 78.9 Å². The first kappa shape index (κ1) is 49.4. The van der Waals surface area contributed by atoms with E-state index in [4.69, 9.17) is 14.2 Å². The van der Waals surface area contributed by atoms with Gasteiger partial charge in [-0.2, -0.15) is 0 Å². The first-order chi connectivity index (χ1) is 24.6. The van der Waals surface area contributed by atoms with Gasteiger partial charge in [0, 0.05) is 19.3 Å². The number of unbranched alkanes of at least 4 members (excludes halogenated alkanes) is 20. The molecule has 1 unspecified atom stereocenters. The number of carbonyl (C=O) groups is 3. The van der Waals surface area contributed by atoms with Crippen LogP contribution in [0.3, 0.4) is 0 Å². The fourth-order valence-corrected chi connectivity index (χ4v) is 6.49. The van der Waals surface area contributed by atoms with E-state index in [1.165, 1.54) is 116 Å². The molecule has 0 amide bonds. The van der Waals surface area contributed by atoms with Gasteiger partial charge in [-0.05, 0) is 37.0 Å². The summed E-state index contributed by atoms with van der Waals surface area (Å²) in [6, 6.07) is 0. The highest BCUT2D eigenvalue weighted by Crippen LogP contribution is 2.17. The van der Waals surface area contributed by atoms with Crippen molar-refractivity contribution in [2.75, 3.05) is 13.2 Å². The van der Waals surface area contributed by atoms with Crippen molar-refractivity contribution in [2.45, 2.75) is 240 Å². The highest BCUT2D eigenvalue weighted by molar-refractivity contribution is 5.71. The Morgan fingerprint density at radius 2 is 0.686 bits per heavy atom. The summed E-state index contributed by atoms with van der Waals surface area (Å²) in [6.07, 6.45) is 32.4. The zero-order valence-electron chi connectivity index (χ0n) is 34.9. The maximum atomic E-state index is 12.7. The molecule has 0 heterocycles. The number of rotatable bonds is 38. The smallest absolute Gasteiger partial charge is 0.306 e. The molecule has 0 aromatic rings. The minimum Gasteiger partial charge on any atom is -0.462 e. The summed E-state index contributed by atoms with van der Waals surface area (Å²) >= 11 is 0. The molecule has 51 heavy (non-hydrogen) atoms. The molecule has 0 spiro atoms. The molecular weight excluding hydrogens is 636 g/mol. The Kier molecular flexibility index (Phi) is 35.6. The fourth-order valence-electron chi connectivity index (χ4n) is 6.49. The molecule has 0 radical (unpaired) electrons. The second kappa shape index (κ2) is 36.8. The van der Waals surface area contributed by atoms with Crippen molar-refractivity contribution >= 4 is 17.9 Å². The van der Waals surface area contributed by atoms with Crippen LogP contribution < -0.4 is 0 Å². The Labute approximate surface area is 317 Å². The summed E-state index contributed by atoms with van der Waals surface area (Å²) in [7, 11) is 0.